The summed E-state index contributed by atoms with van der Waals surface area (Å²) >= 11 is 3.48. The van der Waals surface area contributed by atoms with Crippen molar-refractivity contribution in [2.24, 2.45) is 5.92 Å². The summed E-state index contributed by atoms with van der Waals surface area (Å²) in [6.07, 6.45) is 2.84. The van der Waals surface area contributed by atoms with Crippen LogP contribution in [0.5, 0.6) is 0 Å². The van der Waals surface area contributed by atoms with Crippen LogP contribution in [-0.2, 0) is 4.79 Å². The lowest BCUT2D eigenvalue weighted by Gasteiger charge is -2.26. The fourth-order valence-electron chi connectivity index (χ4n) is 2.92. The quantitative estimate of drug-likeness (QED) is 0.835. The van der Waals surface area contributed by atoms with E-state index in [-0.39, 0.29) is 12.0 Å². The van der Waals surface area contributed by atoms with Crippen molar-refractivity contribution in [3.05, 3.63) is 34.3 Å². The number of hydrazine groups is 1. The van der Waals surface area contributed by atoms with Crippen molar-refractivity contribution in [2.75, 3.05) is 0 Å². The van der Waals surface area contributed by atoms with Gasteiger partial charge in [-0.25, -0.2) is 5.43 Å². The summed E-state index contributed by atoms with van der Waals surface area (Å²) in [6.45, 7) is 0. The molecule has 0 amide bonds. The van der Waals surface area contributed by atoms with E-state index >= 15 is 0 Å². The largest absolute Gasteiger partial charge is 0.299 e. The standard InChI is InChI=1S/C13H15BrN2O/c14-9-4-1-3-8(7-9)13-12-10(15-16-13)5-2-6-11(12)17/h1,3-4,7,10,12-13,15-16H,2,5-6H2. The van der Waals surface area contributed by atoms with Crippen LogP contribution in [0.1, 0.15) is 30.9 Å². The third kappa shape index (κ3) is 2.05. The van der Waals surface area contributed by atoms with E-state index in [0.29, 0.717) is 11.8 Å². The van der Waals surface area contributed by atoms with Crippen LogP contribution in [-0.4, -0.2) is 11.8 Å². The van der Waals surface area contributed by atoms with Gasteiger partial charge in [-0.3, -0.25) is 10.2 Å². The molecule has 1 heterocycles. The Hall–Kier alpha value is -0.710. The highest BCUT2D eigenvalue weighted by molar-refractivity contribution is 9.10. The van der Waals surface area contributed by atoms with Crippen LogP contribution in [0.15, 0.2) is 28.7 Å². The first-order valence-electron chi connectivity index (χ1n) is 6.05. The van der Waals surface area contributed by atoms with E-state index in [9.17, 15) is 4.79 Å². The van der Waals surface area contributed by atoms with Gasteiger partial charge in [0, 0.05) is 16.9 Å². The molecule has 0 radical (unpaired) electrons. The molecule has 1 aliphatic heterocycles. The fourth-order valence-corrected chi connectivity index (χ4v) is 3.34. The number of Topliss-reactive ketones (excluding diaryl/α,β-unsaturated/α-hetero) is 1. The summed E-state index contributed by atoms with van der Waals surface area (Å²) in [5.74, 6) is 0.488. The van der Waals surface area contributed by atoms with Gasteiger partial charge in [0.1, 0.15) is 5.78 Å². The number of rotatable bonds is 1. The SMILES string of the molecule is O=C1CCCC2NNC(c3cccc(Br)c3)C12. The summed E-state index contributed by atoms with van der Waals surface area (Å²) in [5, 5.41) is 0. The molecular formula is C13H15BrN2O. The molecule has 1 aromatic carbocycles. The molecule has 0 spiro atoms. The third-order valence-corrected chi connectivity index (χ3v) is 4.23. The number of benzene rings is 1. The van der Waals surface area contributed by atoms with Crippen molar-refractivity contribution in [3.8, 4) is 0 Å². The lowest BCUT2D eigenvalue weighted by molar-refractivity contribution is -0.125. The van der Waals surface area contributed by atoms with E-state index in [1.807, 2.05) is 12.1 Å². The Kier molecular flexibility index (Phi) is 3.03. The average molecular weight is 295 g/mol. The van der Waals surface area contributed by atoms with Crippen molar-refractivity contribution in [2.45, 2.75) is 31.3 Å². The summed E-state index contributed by atoms with van der Waals surface area (Å²) in [5.41, 5.74) is 7.73. The summed E-state index contributed by atoms with van der Waals surface area (Å²) in [4.78, 5) is 12.1. The van der Waals surface area contributed by atoms with Crippen LogP contribution >= 0.6 is 15.9 Å². The smallest absolute Gasteiger partial charge is 0.139 e. The molecule has 90 valence electrons. The molecule has 3 unspecified atom stereocenters. The monoisotopic (exact) mass is 294 g/mol. The topological polar surface area (TPSA) is 41.1 Å². The maximum absolute atomic E-state index is 12.1. The molecule has 0 aromatic heterocycles. The van der Waals surface area contributed by atoms with Crippen molar-refractivity contribution >= 4 is 21.7 Å². The zero-order valence-corrected chi connectivity index (χ0v) is 11.0. The Morgan fingerprint density at radius 3 is 3.00 bits per heavy atom. The Labute approximate surface area is 109 Å². The van der Waals surface area contributed by atoms with Gasteiger partial charge in [0.25, 0.3) is 0 Å². The van der Waals surface area contributed by atoms with E-state index in [2.05, 4.69) is 38.9 Å². The van der Waals surface area contributed by atoms with Crippen molar-refractivity contribution in [3.63, 3.8) is 0 Å². The normalized spacial score (nSPS) is 32.5. The van der Waals surface area contributed by atoms with Crippen LogP contribution < -0.4 is 10.9 Å². The molecule has 3 atom stereocenters. The van der Waals surface area contributed by atoms with Crippen molar-refractivity contribution in [1.82, 2.24) is 10.9 Å². The molecular weight excluding hydrogens is 280 g/mol. The minimum absolute atomic E-state index is 0.0954. The predicted molar refractivity (Wildman–Crippen MR) is 69.3 cm³/mol. The molecule has 2 fully saturated rings. The highest BCUT2D eigenvalue weighted by Gasteiger charge is 2.42. The van der Waals surface area contributed by atoms with E-state index in [0.717, 1.165) is 23.7 Å². The second kappa shape index (κ2) is 4.52. The minimum Gasteiger partial charge on any atom is -0.299 e. The van der Waals surface area contributed by atoms with Gasteiger partial charge < -0.3 is 0 Å². The molecule has 1 aromatic rings. The highest BCUT2D eigenvalue weighted by atomic mass is 79.9. The number of hydrogen-bond donors (Lipinski definition) is 2. The van der Waals surface area contributed by atoms with E-state index < -0.39 is 0 Å². The van der Waals surface area contributed by atoms with Gasteiger partial charge in [0.05, 0.1) is 12.0 Å². The Morgan fingerprint density at radius 1 is 1.29 bits per heavy atom. The van der Waals surface area contributed by atoms with Gasteiger partial charge in [-0.05, 0) is 30.5 Å². The van der Waals surface area contributed by atoms with Crippen LogP contribution in [0, 0.1) is 5.92 Å². The third-order valence-electron chi connectivity index (χ3n) is 3.73. The zero-order valence-electron chi connectivity index (χ0n) is 9.45. The molecule has 1 aliphatic carbocycles. The van der Waals surface area contributed by atoms with Gasteiger partial charge in [0.15, 0.2) is 0 Å². The fraction of sp³-hybridized carbons (Fsp3) is 0.462. The maximum Gasteiger partial charge on any atom is 0.139 e. The van der Waals surface area contributed by atoms with E-state index in [4.69, 9.17) is 0 Å². The maximum atomic E-state index is 12.1. The van der Waals surface area contributed by atoms with Crippen LogP contribution in [0.2, 0.25) is 0 Å². The molecule has 1 saturated heterocycles. The molecule has 17 heavy (non-hydrogen) atoms. The summed E-state index contributed by atoms with van der Waals surface area (Å²) < 4.78 is 1.06. The molecule has 0 bridgehead atoms. The van der Waals surface area contributed by atoms with Gasteiger partial charge in [-0.15, -0.1) is 0 Å². The van der Waals surface area contributed by atoms with Crippen LogP contribution in [0.25, 0.3) is 0 Å². The first-order valence-corrected chi connectivity index (χ1v) is 6.84. The molecule has 2 N–H and O–H groups in total. The average Bonchev–Trinajstić information content (AvgIpc) is 2.74. The lowest BCUT2D eigenvalue weighted by atomic mass is 9.78. The Bertz CT molecular complexity index is 449. The molecule has 1 saturated carbocycles. The van der Waals surface area contributed by atoms with Crippen molar-refractivity contribution < 1.29 is 4.79 Å². The zero-order chi connectivity index (χ0) is 11.8. The second-order valence-corrected chi connectivity index (χ2v) is 5.73. The minimum atomic E-state index is 0.0954. The highest BCUT2D eigenvalue weighted by Crippen LogP contribution is 2.36. The van der Waals surface area contributed by atoms with Gasteiger partial charge in [-0.2, -0.15) is 0 Å². The van der Waals surface area contributed by atoms with Crippen LogP contribution in [0.3, 0.4) is 0 Å². The van der Waals surface area contributed by atoms with Crippen LogP contribution in [0.4, 0.5) is 0 Å². The number of carbonyl (C=O) groups is 1. The molecule has 4 heteroatoms. The molecule has 3 rings (SSSR count). The number of carbonyl (C=O) groups excluding carboxylic acids is 1. The second-order valence-electron chi connectivity index (χ2n) is 4.81. The summed E-state index contributed by atoms with van der Waals surface area (Å²) in [6, 6.07) is 8.61. The van der Waals surface area contributed by atoms with Gasteiger partial charge in [0.2, 0.25) is 0 Å². The van der Waals surface area contributed by atoms with Gasteiger partial charge in [-0.1, -0.05) is 28.1 Å². The Balaban J connectivity index is 1.91. The summed E-state index contributed by atoms with van der Waals surface area (Å²) in [7, 11) is 0. The Morgan fingerprint density at radius 2 is 2.18 bits per heavy atom. The number of ketones is 1. The number of fused-ring (bicyclic) bond motifs is 1. The first kappa shape index (κ1) is 11.4. The molecule has 3 nitrogen and oxygen atoms in total. The van der Waals surface area contributed by atoms with Crippen molar-refractivity contribution in [1.29, 1.82) is 0 Å². The number of nitrogens with one attached hydrogen (secondary N) is 2. The number of halogens is 1. The first-order chi connectivity index (χ1) is 8.25. The van der Waals surface area contributed by atoms with E-state index in [1.165, 1.54) is 5.56 Å². The predicted octanol–water partition coefficient (Wildman–Crippen LogP) is 2.34. The number of hydrogen-bond acceptors (Lipinski definition) is 3. The lowest BCUT2D eigenvalue weighted by Crippen LogP contribution is -2.36. The van der Waals surface area contributed by atoms with E-state index in [1.54, 1.807) is 0 Å². The molecule has 2 aliphatic rings. The van der Waals surface area contributed by atoms with Gasteiger partial charge >= 0.3 is 0 Å².